The van der Waals surface area contributed by atoms with E-state index < -0.39 is 5.41 Å². The van der Waals surface area contributed by atoms with E-state index in [2.05, 4.69) is 63.2 Å². The number of nitrogens with one attached hydrogen (secondary N) is 1. The quantitative estimate of drug-likeness (QED) is 0.548. The van der Waals surface area contributed by atoms with Crippen LogP contribution in [-0.2, 0) is 5.41 Å². The monoisotopic (exact) mass is 375 g/mol. The number of rotatable bonds is 5. The third-order valence-corrected chi connectivity index (χ3v) is 5.27. The van der Waals surface area contributed by atoms with Gasteiger partial charge in [0.1, 0.15) is 5.69 Å². The molecule has 0 bridgehead atoms. The maximum atomic E-state index is 5.57. The molecule has 0 radical (unpaired) electrons. The first-order chi connectivity index (χ1) is 13.5. The summed E-state index contributed by atoms with van der Waals surface area (Å²) < 4.78 is 5.47. The molecule has 1 atom stereocenters. The van der Waals surface area contributed by atoms with Gasteiger partial charge in [0.05, 0.1) is 5.41 Å². The predicted molar refractivity (Wildman–Crippen MR) is 105 cm³/mol. The third kappa shape index (κ3) is 3.02. The summed E-state index contributed by atoms with van der Waals surface area (Å²) in [5.74, 6) is 1.56. The van der Waals surface area contributed by atoms with Gasteiger partial charge >= 0.3 is 0 Å². The summed E-state index contributed by atoms with van der Waals surface area (Å²) >= 11 is 0. The number of nitrogen functional groups attached to an aromatic ring is 1. The third-order valence-electron chi connectivity index (χ3n) is 5.27. The number of nitrogens with zero attached hydrogens (tertiary/aromatic N) is 5. The van der Waals surface area contributed by atoms with E-state index in [0.29, 0.717) is 17.4 Å². The summed E-state index contributed by atoms with van der Waals surface area (Å²) in [6.45, 7) is 6.42. The van der Waals surface area contributed by atoms with Gasteiger partial charge in [0.25, 0.3) is 5.89 Å². The molecule has 3 N–H and O–H groups in total. The van der Waals surface area contributed by atoms with Crippen molar-refractivity contribution in [3.63, 3.8) is 0 Å². The number of hydrogen-bond acceptors (Lipinski definition) is 7. The summed E-state index contributed by atoms with van der Waals surface area (Å²) in [5, 5.41) is 11.1. The Labute approximate surface area is 162 Å². The second kappa shape index (κ2) is 6.88. The highest BCUT2D eigenvalue weighted by Crippen LogP contribution is 2.38. The molecule has 3 heterocycles. The molecule has 0 aliphatic rings. The van der Waals surface area contributed by atoms with Gasteiger partial charge in [-0.15, -0.1) is 0 Å². The zero-order valence-electron chi connectivity index (χ0n) is 15.9. The molecule has 0 saturated heterocycles. The smallest absolute Gasteiger partial charge is 0.275 e. The van der Waals surface area contributed by atoms with Crippen LogP contribution in [0, 0.1) is 5.92 Å². The van der Waals surface area contributed by atoms with E-state index in [-0.39, 0.29) is 11.9 Å². The minimum absolute atomic E-state index is 0.241. The van der Waals surface area contributed by atoms with E-state index in [1.807, 2.05) is 12.1 Å². The Bertz CT molecular complexity index is 1050. The fourth-order valence-electron chi connectivity index (χ4n) is 3.14. The molecule has 1 unspecified atom stereocenters. The largest absolute Gasteiger partial charge is 0.368 e. The normalized spacial score (nSPS) is 13.6. The molecular formula is C20H21N7O. The number of hydrogen-bond donors (Lipinski definition) is 2. The molecule has 0 fully saturated rings. The fourth-order valence-corrected chi connectivity index (χ4v) is 3.14. The van der Waals surface area contributed by atoms with Crippen LogP contribution in [-0.4, -0.2) is 30.3 Å². The van der Waals surface area contributed by atoms with Gasteiger partial charge in [0, 0.05) is 24.2 Å². The lowest BCUT2D eigenvalue weighted by molar-refractivity contribution is 0.350. The molecule has 0 saturated carbocycles. The number of nitrogens with two attached hydrogens (primary N) is 1. The van der Waals surface area contributed by atoms with Crippen molar-refractivity contribution in [2.24, 2.45) is 5.92 Å². The topological polar surface area (TPSA) is 119 Å². The molecule has 8 nitrogen and oxygen atoms in total. The zero-order chi connectivity index (χ0) is 19.7. The molecule has 0 aliphatic carbocycles. The molecule has 0 spiro atoms. The molecular weight excluding hydrogens is 354 g/mol. The van der Waals surface area contributed by atoms with Crippen LogP contribution in [0.15, 0.2) is 53.4 Å². The molecule has 8 heteroatoms. The second-order valence-electron chi connectivity index (χ2n) is 7.16. The Kier molecular flexibility index (Phi) is 4.38. The van der Waals surface area contributed by atoms with E-state index in [1.54, 1.807) is 24.7 Å². The maximum Gasteiger partial charge on any atom is 0.275 e. The van der Waals surface area contributed by atoms with Crippen molar-refractivity contribution in [2.75, 3.05) is 5.73 Å². The summed E-state index contributed by atoms with van der Waals surface area (Å²) in [7, 11) is 0. The van der Waals surface area contributed by atoms with Gasteiger partial charge in [-0.2, -0.15) is 10.1 Å². The van der Waals surface area contributed by atoms with Gasteiger partial charge in [0.2, 0.25) is 5.95 Å². The molecule has 3 aromatic heterocycles. The molecule has 28 heavy (non-hydrogen) atoms. The average Bonchev–Trinajstić information content (AvgIpc) is 3.40. The Morgan fingerprint density at radius 2 is 1.75 bits per heavy atom. The molecule has 0 aliphatic heterocycles. The number of benzene rings is 1. The van der Waals surface area contributed by atoms with Crippen LogP contribution in [0.5, 0.6) is 0 Å². The van der Waals surface area contributed by atoms with E-state index in [4.69, 9.17) is 10.3 Å². The van der Waals surface area contributed by atoms with E-state index in [1.165, 1.54) is 0 Å². The zero-order valence-corrected chi connectivity index (χ0v) is 15.9. The van der Waals surface area contributed by atoms with E-state index in [0.717, 1.165) is 16.7 Å². The van der Waals surface area contributed by atoms with Crippen LogP contribution < -0.4 is 5.73 Å². The van der Waals surface area contributed by atoms with E-state index in [9.17, 15) is 0 Å². The summed E-state index contributed by atoms with van der Waals surface area (Å²) in [4.78, 5) is 12.7. The van der Waals surface area contributed by atoms with Crippen LogP contribution in [0.1, 0.15) is 32.2 Å². The lowest BCUT2D eigenvalue weighted by atomic mass is 9.72. The van der Waals surface area contributed by atoms with Crippen molar-refractivity contribution >= 4 is 5.95 Å². The van der Waals surface area contributed by atoms with E-state index >= 15 is 0 Å². The van der Waals surface area contributed by atoms with Crippen molar-refractivity contribution in [2.45, 2.75) is 26.2 Å². The first-order valence-electron chi connectivity index (χ1n) is 9.01. The Balaban J connectivity index is 1.70. The second-order valence-corrected chi connectivity index (χ2v) is 7.16. The standard InChI is InChI=1S/C20H21N7O/c1-12(2)20(3,18-25-17(28-27-18)16-8-9-24-26-16)15-6-4-13(5-7-15)14-10-22-19(21)23-11-14/h4-12H,1-3H3,(H,24,26)(H2,21,22,23). The summed E-state index contributed by atoms with van der Waals surface area (Å²) in [6, 6.07) is 10.0. The lowest BCUT2D eigenvalue weighted by Crippen LogP contribution is -2.31. The highest BCUT2D eigenvalue weighted by atomic mass is 16.5. The number of aromatic nitrogens is 6. The highest BCUT2D eigenvalue weighted by molar-refractivity contribution is 5.62. The van der Waals surface area contributed by atoms with Gasteiger partial charge in [-0.05, 0) is 30.0 Å². The number of H-pyrrole nitrogens is 1. The van der Waals surface area contributed by atoms with Crippen LogP contribution in [0.2, 0.25) is 0 Å². The van der Waals surface area contributed by atoms with Gasteiger partial charge in [0.15, 0.2) is 5.82 Å². The first kappa shape index (κ1) is 17.8. The van der Waals surface area contributed by atoms with Crippen LogP contribution in [0.3, 0.4) is 0 Å². The van der Waals surface area contributed by atoms with Gasteiger partial charge < -0.3 is 10.3 Å². The summed E-state index contributed by atoms with van der Waals surface area (Å²) in [6.07, 6.45) is 5.09. The van der Waals surface area contributed by atoms with Gasteiger partial charge in [-0.1, -0.05) is 43.3 Å². The SMILES string of the molecule is CC(C)C(C)(c1ccc(-c2cnc(N)nc2)cc1)c1noc(-c2ccn[nH]2)n1. The van der Waals surface area contributed by atoms with Gasteiger partial charge in [-0.3, -0.25) is 5.10 Å². The molecule has 142 valence electrons. The fraction of sp³-hybridized carbons (Fsp3) is 0.250. The van der Waals surface area contributed by atoms with Crippen molar-refractivity contribution in [1.82, 2.24) is 30.3 Å². The first-order valence-corrected chi connectivity index (χ1v) is 9.01. The van der Waals surface area contributed by atoms with Crippen LogP contribution >= 0.6 is 0 Å². The Morgan fingerprint density at radius 1 is 1.04 bits per heavy atom. The van der Waals surface area contributed by atoms with Gasteiger partial charge in [-0.25, -0.2) is 9.97 Å². The van der Waals surface area contributed by atoms with Crippen LogP contribution in [0.25, 0.3) is 22.7 Å². The van der Waals surface area contributed by atoms with Crippen molar-refractivity contribution < 1.29 is 4.52 Å². The molecule has 1 aromatic carbocycles. The van der Waals surface area contributed by atoms with Crippen molar-refractivity contribution in [3.05, 3.63) is 60.3 Å². The maximum absolute atomic E-state index is 5.57. The molecule has 4 rings (SSSR count). The molecule has 0 amide bonds. The van der Waals surface area contributed by atoms with Crippen LogP contribution in [0.4, 0.5) is 5.95 Å². The number of aromatic amines is 1. The molecule has 4 aromatic rings. The van der Waals surface area contributed by atoms with Crippen molar-refractivity contribution in [1.29, 1.82) is 0 Å². The minimum Gasteiger partial charge on any atom is -0.368 e. The summed E-state index contributed by atoms with van der Waals surface area (Å²) in [5.41, 5.74) is 8.87. The lowest BCUT2D eigenvalue weighted by Gasteiger charge is -2.31. The Morgan fingerprint density at radius 3 is 2.36 bits per heavy atom. The average molecular weight is 375 g/mol. The number of anilines is 1. The highest BCUT2D eigenvalue weighted by Gasteiger charge is 2.37. The Hall–Kier alpha value is -3.55. The minimum atomic E-state index is -0.419. The predicted octanol–water partition coefficient (Wildman–Crippen LogP) is 3.46. The van der Waals surface area contributed by atoms with Crippen molar-refractivity contribution in [3.8, 4) is 22.7 Å².